The zero-order valence-electron chi connectivity index (χ0n) is 20.0. The Kier molecular flexibility index (Phi) is 7.65. The van der Waals surface area contributed by atoms with Gasteiger partial charge in [0.15, 0.2) is 0 Å². The molecule has 2 heterocycles. The highest BCUT2D eigenvalue weighted by Gasteiger charge is 2.44. The molecule has 2 aromatic carbocycles. The van der Waals surface area contributed by atoms with Crippen molar-refractivity contribution in [3.63, 3.8) is 0 Å². The van der Waals surface area contributed by atoms with Crippen molar-refractivity contribution in [2.45, 2.75) is 62.8 Å². The maximum atomic E-state index is 12.9. The number of nitrogens with zero attached hydrogens (tertiary/aromatic N) is 1. The third kappa shape index (κ3) is 5.55. The van der Waals surface area contributed by atoms with E-state index in [0.717, 1.165) is 35.3 Å². The number of imide groups is 2. The number of unbranched alkanes of at least 4 members (excludes halogenated alkanes) is 3. The molecule has 2 aliphatic rings. The van der Waals surface area contributed by atoms with Crippen LogP contribution in [0.3, 0.4) is 0 Å². The zero-order valence-corrected chi connectivity index (χ0v) is 20.8. The summed E-state index contributed by atoms with van der Waals surface area (Å²) in [4.78, 5) is 50.4. The monoisotopic (exact) mass is 512 g/mol. The fraction of sp³-hybridized carbons (Fsp3) is 0.385. The molecule has 4 rings (SSSR count). The van der Waals surface area contributed by atoms with Gasteiger partial charge >= 0.3 is 0 Å². The summed E-state index contributed by atoms with van der Waals surface area (Å²) in [5, 5.41) is 2.19. The van der Waals surface area contributed by atoms with Gasteiger partial charge in [-0.1, -0.05) is 36.6 Å². The number of hydrogen-bond donors (Lipinski definition) is 1. The molecule has 10 heteroatoms. The van der Waals surface area contributed by atoms with E-state index >= 15 is 0 Å². The van der Waals surface area contributed by atoms with E-state index in [9.17, 15) is 27.6 Å². The van der Waals surface area contributed by atoms with Gasteiger partial charge in [-0.15, -0.1) is 0 Å². The third-order valence-electron chi connectivity index (χ3n) is 6.41. The Morgan fingerprint density at radius 3 is 2.33 bits per heavy atom. The summed E-state index contributed by atoms with van der Waals surface area (Å²) in [6.45, 7) is 2.00. The highest BCUT2D eigenvalue weighted by Crippen LogP contribution is 2.28. The average Bonchev–Trinajstić information content (AvgIpc) is 3.08. The van der Waals surface area contributed by atoms with Gasteiger partial charge in [-0.3, -0.25) is 33.6 Å². The molecule has 36 heavy (non-hydrogen) atoms. The Morgan fingerprint density at radius 2 is 1.61 bits per heavy atom. The van der Waals surface area contributed by atoms with Crippen LogP contribution in [0.4, 0.5) is 0 Å². The van der Waals surface area contributed by atoms with Gasteiger partial charge in [0.25, 0.3) is 21.9 Å². The Morgan fingerprint density at radius 1 is 0.917 bits per heavy atom. The fourth-order valence-electron chi connectivity index (χ4n) is 4.40. The van der Waals surface area contributed by atoms with Gasteiger partial charge in [0.05, 0.1) is 22.6 Å². The predicted octanol–water partition coefficient (Wildman–Crippen LogP) is 2.90. The Bertz CT molecular complexity index is 1300. The van der Waals surface area contributed by atoms with Crippen LogP contribution in [0.25, 0.3) is 0 Å². The van der Waals surface area contributed by atoms with E-state index in [1.165, 1.54) is 12.1 Å². The molecule has 0 bridgehead atoms. The lowest BCUT2D eigenvalue weighted by Gasteiger charge is -2.27. The summed E-state index contributed by atoms with van der Waals surface area (Å²) >= 11 is 0. The van der Waals surface area contributed by atoms with Gasteiger partial charge in [0, 0.05) is 6.42 Å². The maximum Gasteiger partial charge on any atom is 0.296 e. The molecular weight excluding hydrogens is 484 g/mol. The normalized spacial score (nSPS) is 17.9. The summed E-state index contributed by atoms with van der Waals surface area (Å²) in [7, 11) is -3.75. The first-order chi connectivity index (χ1) is 17.2. The zero-order chi connectivity index (χ0) is 25.9. The standard InChI is InChI=1S/C26H28N2O7S/c1-17-7-10-19(11-8-17)36(33,34)35-15-5-3-2-4-6-18-9-12-20-21(16-18)26(32)28(25(20)31)22-13-14-23(29)27-24(22)30/h7-12,16,22H,2-6,13-15H2,1H3,(H,27,29,30). The molecule has 0 spiro atoms. The molecule has 1 fully saturated rings. The number of rotatable bonds is 10. The second kappa shape index (κ2) is 10.7. The predicted molar refractivity (Wildman–Crippen MR) is 130 cm³/mol. The number of fused-ring (bicyclic) bond motifs is 1. The summed E-state index contributed by atoms with van der Waals surface area (Å²) in [5.74, 6) is -2.07. The lowest BCUT2D eigenvalue weighted by atomic mass is 10.0. The molecule has 9 nitrogen and oxygen atoms in total. The Labute approximate surface area is 209 Å². The first kappa shape index (κ1) is 25.7. The number of carbonyl (C=O) groups excluding carboxylic acids is 4. The lowest BCUT2D eigenvalue weighted by Crippen LogP contribution is -2.54. The quantitative estimate of drug-likeness (QED) is 0.295. The van der Waals surface area contributed by atoms with Crippen molar-refractivity contribution in [2.24, 2.45) is 0 Å². The summed E-state index contributed by atoms with van der Waals surface area (Å²) in [5.41, 5.74) is 2.41. The number of amides is 4. The highest BCUT2D eigenvalue weighted by atomic mass is 32.2. The van der Waals surface area contributed by atoms with Gasteiger partial charge in [0.1, 0.15) is 6.04 Å². The van der Waals surface area contributed by atoms with Crippen molar-refractivity contribution < 1.29 is 31.8 Å². The van der Waals surface area contributed by atoms with Crippen molar-refractivity contribution in [3.8, 4) is 0 Å². The molecule has 1 atom stereocenters. The van der Waals surface area contributed by atoms with Crippen molar-refractivity contribution >= 4 is 33.7 Å². The van der Waals surface area contributed by atoms with E-state index in [2.05, 4.69) is 5.32 Å². The van der Waals surface area contributed by atoms with Crippen LogP contribution in [0, 0.1) is 6.92 Å². The summed E-state index contributed by atoms with van der Waals surface area (Å²) in [6.07, 6.45) is 3.95. The molecule has 4 amide bonds. The highest BCUT2D eigenvalue weighted by molar-refractivity contribution is 7.86. The number of carbonyl (C=O) groups is 4. The van der Waals surface area contributed by atoms with Crippen LogP contribution >= 0.6 is 0 Å². The SMILES string of the molecule is Cc1ccc(S(=O)(=O)OCCCCCCc2ccc3c(c2)C(=O)N(C2CCC(=O)NC2=O)C3=O)cc1. The number of nitrogens with one attached hydrogen (secondary N) is 1. The second-order valence-corrected chi connectivity index (χ2v) is 10.7. The van der Waals surface area contributed by atoms with E-state index in [1.807, 2.05) is 6.92 Å². The average molecular weight is 513 g/mol. The van der Waals surface area contributed by atoms with Gasteiger partial charge in [-0.05, 0) is 62.4 Å². The van der Waals surface area contributed by atoms with Crippen LogP contribution in [0.5, 0.6) is 0 Å². The fourth-order valence-corrected chi connectivity index (χ4v) is 5.34. The maximum absolute atomic E-state index is 12.9. The van der Waals surface area contributed by atoms with E-state index in [1.54, 1.807) is 30.3 Å². The molecule has 2 aromatic rings. The molecule has 0 aromatic heterocycles. The van der Waals surface area contributed by atoms with Crippen LogP contribution in [-0.2, 0) is 30.3 Å². The van der Waals surface area contributed by atoms with Crippen LogP contribution in [0.15, 0.2) is 47.4 Å². The van der Waals surface area contributed by atoms with Crippen LogP contribution < -0.4 is 5.32 Å². The minimum Gasteiger partial charge on any atom is -0.295 e. The van der Waals surface area contributed by atoms with Crippen molar-refractivity contribution in [1.82, 2.24) is 10.2 Å². The van der Waals surface area contributed by atoms with Crippen molar-refractivity contribution in [2.75, 3.05) is 6.61 Å². The molecule has 190 valence electrons. The smallest absolute Gasteiger partial charge is 0.295 e. The molecule has 0 aliphatic carbocycles. The number of benzene rings is 2. The second-order valence-electron chi connectivity index (χ2n) is 9.08. The topological polar surface area (TPSA) is 127 Å². The number of piperidine rings is 1. The largest absolute Gasteiger partial charge is 0.296 e. The number of hydrogen-bond acceptors (Lipinski definition) is 7. The molecule has 1 saturated heterocycles. The number of aryl methyl sites for hydroxylation is 2. The van der Waals surface area contributed by atoms with Gasteiger partial charge in [-0.25, -0.2) is 0 Å². The van der Waals surface area contributed by atoms with E-state index in [-0.39, 0.29) is 35.5 Å². The van der Waals surface area contributed by atoms with Gasteiger partial charge in [0.2, 0.25) is 11.8 Å². The Hall–Kier alpha value is -3.37. The lowest BCUT2D eigenvalue weighted by molar-refractivity contribution is -0.136. The summed E-state index contributed by atoms with van der Waals surface area (Å²) in [6, 6.07) is 10.6. The first-order valence-corrected chi connectivity index (χ1v) is 13.4. The molecule has 0 radical (unpaired) electrons. The minimum atomic E-state index is -3.75. The van der Waals surface area contributed by atoms with Gasteiger partial charge in [-0.2, -0.15) is 8.42 Å². The first-order valence-electron chi connectivity index (χ1n) is 12.0. The van der Waals surface area contributed by atoms with Crippen LogP contribution in [0.2, 0.25) is 0 Å². The molecule has 2 aliphatic heterocycles. The van der Waals surface area contributed by atoms with E-state index in [0.29, 0.717) is 12.8 Å². The summed E-state index contributed by atoms with van der Waals surface area (Å²) < 4.78 is 29.5. The molecular formula is C26H28N2O7S. The van der Waals surface area contributed by atoms with Gasteiger partial charge < -0.3 is 0 Å². The molecule has 1 N–H and O–H groups in total. The van der Waals surface area contributed by atoms with Crippen LogP contribution in [-0.4, -0.2) is 49.6 Å². The third-order valence-corrected chi connectivity index (χ3v) is 7.74. The van der Waals surface area contributed by atoms with E-state index in [4.69, 9.17) is 4.18 Å². The molecule has 0 saturated carbocycles. The van der Waals surface area contributed by atoms with Crippen molar-refractivity contribution in [1.29, 1.82) is 0 Å². The molecule has 1 unspecified atom stereocenters. The Balaban J connectivity index is 1.23. The minimum absolute atomic E-state index is 0.0813. The van der Waals surface area contributed by atoms with E-state index < -0.39 is 39.8 Å². The van der Waals surface area contributed by atoms with Crippen LogP contribution in [0.1, 0.15) is 70.4 Å². The van der Waals surface area contributed by atoms with Crippen molar-refractivity contribution in [3.05, 3.63) is 64.7 Å².